The maximum atomic E-state index is 10.8. The van der Waals surface area contributed by atoms with E-state index in [-0.39, 0.29) is 5.91 Å². The molecule has 0 aromatic rings. The summed E-state index contributed by atoms with van der Waals surface area (Å²) in [5.41, 5.74) is 0. The van der Waals surface area contributed by atoms with E-state index in [1.807, 2.05) is 7.05 Å². The van der Waals surface area contributed by atoms with Gasteiger partial charge in [0.15, 0.2) is 0 Å². The monoisotopic (exact) mass is 171 g/mol. The molecule has 1 heterocycles. The average Bonchev–Trinajstić information content (AvgIpc) is 2.45. The van der Waals surface area contributed by atoms with Crippen LogP contribution in [0.2, 0.25) is 0 Å². The second-order valence-corrected chi connectivity index (χ2v) is 3.11. The molecule has 1 rings (SSSR count). The van der Waals surface area contributed by atoms with Crippen molar-refractivity contribution in [3.63, 3.8) is 0 Å². The fourth-order valence-electron chi connectivity index (χ4n) is 1.32. The average molecular weight is 171 g/mol. The molecule has 1 aliphatic heterocycles. The number of carbonyl (C=O) groups is 1. The van der Waals surface area contributed by atoms with Gasteiger partial charge in [0.2, 0.25) is 5.91 Å². The molecule has 0 aliphatic carbocycles. The molecular formula is C8H17N3O. The first-order chi connectivity index (χ1) is 5.83. The molecule has 0 bridgehead atoms. The summed E-state index contributed by atoms with van der Waals surface area (Å²) < 4.78 is 0. The van der Waals surface area contributed by atoms with Crippen LogP contribution in [0.4, 0.5) is 0 Å². The number of hydrogen-bond donors (Lipinski definition) is 3. The molecule has 1 atom stereocenters. The van der Waals surface area contributed by atoms with E-state index in [0.29, 0.717) is 12.5 Å². The van der Waals surface area contributed by atoms with Gasteiger partial charge in [-0.15, -0.1) is 0 Å². The van der Waals surface area contributed by atoms with Crippen molar-refractivity contribution in [3.05, 3.63) is 0 Å². The minimum Gasteiger partial charge on any atom is -0.352 e. The largest absolute Gasteiger partial charge is 0.352 e. The first-order valence-corrected chi connectivity index (χ1v) is 4.47. The van der Waals surface area contributed by atoms with Crippen LogP contribution in [-0.4, -0.2) is 38.6 Å². The van der Waals surface area contributed by atoms with E-state index in [1.54, 1.807) is 0 Å². The van der Waals surface area contributed by atoms with Gasteiger partial charge in [-0.25, -0.2) is 0 Å². The molecule has 12 heavy (non-hydrogen) atoms. The van der Waals surface area contributed by atoms with Crippen molar-refractivity contribution in [2.75, 3.05) is 26.7 Å². The summed E-state index contributed by atoms with van der Waals surface area (Å²) in [5.74, 6) is 0.190. The minimum atomic E-state index is 0.190. The zero-order valence-electron chi connectivity index (χ0n) is 7.52. The van der Waals surface area contributed by atoms with Crippen molar-refractivity contribution in [3.8, 4) is 0 Å². The van der Waals surface area contributed by atoms with Gasteiger partial charge in [-0.05, 0) is 13.5 Å². The fraction of sp³-hybridized carbons (Fsp3) is 0.875. The lowest BCUT2D eigenvalue weighted by Crippen LogP contribution is -2.37. The van der Waals surface area contributed by atoms with Crippen LogP contribution in [0.25, 0.3) is 0 Å². The van der Waals surface area contributed by atoms with E-state index >= 15 is 0 Å². The molecule has 1 saturated heterocycles. The molecule has 1 fully saturated rings. The van der Waals surface area contributed by atoms with Gasteiger partial charge in [-0.1, -0.05) is 0 Å². The molecule has 0 radical (unpaired) electrons. The molecular weight excluding hydrogens is 154 g/mol. The Morgan fingerprint density at radius 1 is 1.58 bits per heavy atom. The van der Waals surface area contributed by atoms with Gasteiger partial charge in [0, 0.05) is 32.1 Å². The fourth-order valence-corrected chi connectivity index (χ4v) is 1.32. The van der Waals surface area contributed by atoms with E-state index in [2.05, 4.69) is 16.0 Å². The van der Waals surface area contributed by atoms with Crippen molar-refractivity contribution in [2.45, 2.75) is 18.9 Å². The summed E-state index contributed by atoms with van der Waals surface area (Å²) in [6.45, 7) is 2.83. The molecule has 3 N–H and O–H groups in total. The van der Waals surface area contributed by atoms with Crippen molar-refractivity contribution >= 4 is 5.91 Å². The Labute approximate surface area is 73.1 Å². The van der Waals surface area contributed by atoms with Crippen LogP contribution in [-0.2, 0) is 4.79 Å². The lowest BCUT2D eigenvalue weighted by atomic mass is 10.2. The Bertz CT molecular complexity index is 149. The minimum absolute atomic E-state index is 0.190. The molecule has 0 spiro atoms. The van der Waals surface area contributed by atoms with Crippen LogP contribution < -0.4 is 16.0 Å². The van der Waals surface area contributed by atoms with E-state index in [1.165, 1.54) is 0 Å². The Kier molecular flexibility index (Phi) is 4.04. The standard InChI is InChI=1S/C8H17N3O/c1-9-4-5-10-6-7-2-3-8(12)11-7/h7,9-10H,2-6H2,1H3,(H,11,12). The summed E-state index contributed by atoms with van der Waals surface area (Å²) >= 11 is 0. The molecule has 1 unspecified atom stereocenters. The van der Waals surface area contributed by atoms with E-state index in [9.17, 15) is 4.79 Å². The van der Waals surface area contributed by atoms with E-state index < -0.39 is 0 Å². The van der Waals surface area contributed by atoms with Crippen molar-refractivity contribution < 1.29 is 4.79 Å². The summed E-state index contributed by atoms with van der Waals surface area (Å²) in [7, 11) is 1.93. The maximum Gasteiger partial charge on any atom is 0.220 e. The molecule has 0 saturated carbocycles. The predicted octanol–water partition coefficient (Wildman–Crippen LogP) is -0.926. The zero-order chi connectivity index (χ0) is 8.81. The van der Waals surface area contributed by atoms with Crippen LogP contribution in [0.15, 0.2) is 0 Å². The SMILES string of the molecule is CNCCNCC1CCC(=O)N1. The maximum absolute atomic E-state index is 10.8. The van der Waals surface area contributed by atoms with Gasteiger partial charge in [0.05, 0.1) is 0 Å². The van der Waals surface area contributed by atoms with Crippen LogP contribution in [0.3, 0.4) is 0 Å². The third-order valence-corrected chi connectivity index (χ3v) is 2.03. The molecule has 4 nitrogen and oxygen atoms in total. The highest BCUT2D eigenvalue weighted by Crippen LogP contribution is 2.04. The normalized spacial score (nSPS) is 22.8. The first-order valence-electron chi connectivity index (χ1n) is 4.47. The number of likely N-dealkylation sites (N-methyl/N-ethyl adjacent to an activating group) is 1. The smallest absolute Gasteiger partial charge is 0.220 e. The van der Waals surface area contributed by atoms with Crippen LogP contribution in [0, 0.1) is 0 Å². The summed E-state index contributed by atoms with van der Waals surface area (Å²) in [4.78, 5) is 10.8. The van der Waals surface area contributed by atoms with Gasteiger partial charge in [-0.3, -0.25) is 4.79 Å². The number of amides is 1. The first kappa shape index (κ1) is 9.48. The highest BCUT2D eigenvalue weighted by atomic mass is 16.1. The molecule has 0 aromatic heterocycles. The Morgan fingerprint density at radius 2 is 2.42 bits per heavy atom. The lowest BCUT2D eigenvalue weighted by Gasteiger charge is -2.10. The summed E-state index contributed by atoms with van der Waals surface area (Å²) in [5, 5.41) is 9.23. The number of hydrogen-bond acceptors (Lipinski definition) is 3. The summed E-state index contributed by atoms with van der Waals surface area (Å²) in [6.07, 6.45) is 1.67. The van der Waals surface area contributed by atoms with Crippen LogP contribution in [0.5, 0.6) is 0 Å². The van der Waals surface area contributed by atoms with Crippen LogP contribution >= 0.6 is 0 Å². The molecule has 70 valence electrons. The number of nitrogens with one attached hydrogen (secondary N) is 3. The Morgan fingerprint density at radius 3 is 3.00 bits per heavy atom. The van der Waals surface area contributed by atoms with Crippen molar-refractivity contribution in [1.82, 2.24) is 16.0 Å². The zero-order valence-corrected chi connectivity index (χ0v) is 7.52. The highest BCUT2D eigenvalue weighted by Gasteiger charge is 2.19. The molecule has 4 heteroatoms. The van der Waals surface area contributed by atoms with Crippen molar-refractivity contribution in [1.29, 1.82) is 0 Å². The lowest BCUT2D eigenvalue weighted by molar-refractivity contribution is -0.119. The van der Waals surface area contributed by atoms with Crippen LogP contribution in [0.1, 0.15) is 12.8 Å². The third kappa shape index (κ3) is 3.19. The Balaban J connectivity index is 1.97. The quantitative estimate of drug-likeness (QED) is 0.469. The van der Waals surface area contributed by atoms with Crippen molar-refractivity contribution in [2.24, 2.45) is 0 Å². The number of rotatable bonds is 5. The van der Waals surface area contributed by atoms with Gasteiger partial charge < -0.3 is 16.0 Å². The van der Waals surface area contributed by atoms with E-state index in [4.69, 9.17) is 0 Å². The molecule has 1 aliphatic rings. The second-order valence-electron chi connectivity index (χ2n) is 3.11. The Hall–Kier alpha value is -0.610. The topological polar surface area (TPSA) is 53.2 Å². The highest BCUT2D eigenvalue weighted by molar-refractivity contribution is 5.78. The third-order valence-electron chi connectivity index (χ3n) is 2.03. The predicted molar refractivity (Wildman–Crippen MR) is 48.0 cm³/mol. The van der Waals surface area contributed by atoms with Gasteiger partial charge in [0.1, 0.15) is 0 Å². The summed E-state index contributed by atoms with van der Waals surface area (Å²) in [6, 6.07) is 0.356. The van der Waals surface area contributed by atoms with Gasteiger partial charge in [0.25, 0.3) is 0 Å². The molecule has 1 amide bonds. The molecule has 0 aromatic carbocycles. The second kappa shape index (κ2) is 5.11. The van der Waals surface area contributed by atoms with Gasteiger partial charge in [-0.2, -0.15) is 0 Å². The van der Waals surface area contributed by atoms with E-state index in [0.717, 1.165) is 26.1 Å². The van der Waals surface area contributed by atoms with Gasteiger partial charge >= 0.3 is 0 Å². The number of carbonyl (C=O) groups excluding carboxylic acids is 1.